The number of hydrogen-bond donors (Lipinski definition) is 0. The molecule has 0 heterocycles. The van der Waals surface area contributed by atoms with Gasteiger partial charge in [0.15, 0.2) is 0 Å². The van der Waals surface area contributed by atoms with Crippen molar-refractivity contribution in [2.75, 3.05) is 6.61 Å². The zero-order valence-electron chi connectivity index (χ0n) is 12.0. The molecule has 0 aromatic heterocycles. The van der Waals surface area contributed by atoms with Gasteiger partial charge in [-0.15, -0.1) is 0 Å². The highest BCUT2D eigenvalue weighted by molar-refractivity contribution is 6.88. The van der Waals surface area contributed by atoms with Crippen molar-refractivity contribution in [3.63, 3.8) is 0 Å². The van der Waals surface area contributed by atoms with Crippen molar-refractivity contribution < 1.29 is 23.1 Å². The van der Waals surface area contributed by atoms with E-state index in [9.17, 15) is 18.4 Å². The summed E-state index contributed by atoms with van der Waals surface area (Å²) >= 11 is 0. The molecule has 1 aromatic rings. The summed E-state index contributed by atoms with van der Waals surface area (Å²) in [6.07, 6.45) is 0. The van der Waals surface area contributed by atoms with Crippen LogP contribution in [0, 0.1) is 0 Å². The van der Waals surface area contributed by atoms with Crippen LogP contribution in [0.3, 0.4) is 0 Å². The lowest BCUT2D eigenvalue weighted by atomic mass is 10.1. The first-order valence-electron chi connectivity index (χ1n) is 6.31. The summed E-state index contributed by atoms with van der Waals surface area (Å²) in [5, 5.41) is 1.05. The summed E-state index contributed by atoms with van der Waals surface area (Å²) < 4.78 is 31.4. The lowest BCUT2D eigenvalue weighted by Crippen LogP contribution is -2.40. The van der Waals surface area contributed by atoms with Crippen LogP contribution in [0.5, 0.6) is 0 Å². The Morgan fingerprint density at radius 3 is 2.05 bits per heavy atom. The van der Waals surface area contributed by atoms with Crippen LogP contribution < -0.4 is 5.19 Å². The first kappa shape index (κ1) is 16.5. The number of esters is 1. The number of alkyl halides is 2. The Balaban J connectivity index is 3.01. The van der Waals surface area contributed by atoms with Crippen LogP contribution >= 0.6 is 0 Å². The number of hydrogen-bond acceptors (Lipinski definition) is 3. The Hall–Kier alpha value is -1.56. The lowest BCUT2D eigenvalue weighted by molar-refractivity contribution is -0.164. The number of benzene rings is 1. The van der Waals surface area contributed by atoms with Crippen molar-refractivity contribution in [1.82, 2.24) is 0 Å². The second-order valence-electron chi connectivity index (χ2n) is 5.45. The minimum absolute atomic E-state index is 0.190. The van der Waals surface area contributed by atoms with E-state index >= 15 is 0 Å². The van der Waals surface area contributed by atoms with Crippen LogP contribution in [0.2, 0.25) is 19.6 Å². The van der Waals surface area contributed by atoms with Crippen molar-refractivity contribution in [2.24, 2.45) is 0 Å². The van der Waals surface area contributed by atoms with Gasteiger partial charge in [-0.1, -0.05) is 49.1 Å². The van der Waals surface area contributed by atoms with E-state index in [4.69, 9.17) is 0 Å². The molecule has 6 heteroatoms. The normalized spacial score (nSPS) is 12.1. The Bertz CT molecular complexity index is 504. The molecule has 0 fully saturated rings. The van der Waals surface area contributed by atoms with Crippen LogP contribution in [0.1, 0.15) is 17.3 Å². The maximum absolute atomic E-state index is 13.6. The third-order valence-corrected chi connectivity index (χ3v) is 4.90. The minimum atomic E-state index is -4.14. The van der Waals surface area contributed by atoms with E-state index in [1.54, 1.807) is 12.1 Å². The van der Waals surface area contributed by atoms with E-state index in [1.807, 2.05) is 0 Å². The molecule has 110 valence electrons. The maximum Gasteiger partial charge on any atom is 0.404 e. The number of halogens is 2. The molecule has 0 amide bonds. The number of ketones is 1. The van der Waals surface area contributed by atoms with Gasteiger partial charge in [-0.3, -0.25) is 4.79 Å². The highest BCUT2D eigenvalue weighted by Gasteiger charge is 2.49. The molecule has 0 radical (unpaired) electrons. The molecule has 0 aliphatic rings. The van der Waals surface area contributed by atoms with E-state index in [-0.39, 0.29) is 12.2 Å². The van der Waals surface area contributed by atoms with E-state index in [2.05, 4.69) is 24.4 Å². The Morgan fingerprint density at radius 2 is 1.65 bits per heavy atom. The second-order valence-corrected chi connectivity index (χ2v) is 10.5. The third-order valence-electron chi connectivity index (χ3n) is 2.83. The Labute approximate surface area is 117 Å². The van der Waals surface area contributed by atoms with Gasteiger partial charge >= 0.3 is 11.9 Å². The molecule has 0 spiro atoms. The van der Waals surface area contributed by atoms with Gasteiger partial charge < -0.3 is 4.74 Å². The van der Waals surface area contributed by atoms with Gasteiger partial charge in [0.25, 0.3) is 0 Å². The highest BCUT2D eigenvalue weighted by Crippen LogP contribution is 2.22. The summed E-state index contributed by atoms with van der Waals surface area (Å²) in [7, 11) is -1.56. The lowest BCUT2D eigenvalue weighted by Gasteiger charge is -2.17. The molecule has 0 saturated carbocycles. The summed E-state index contributed by atoms with van der Waals surface area (Å²) in [5.41, 5.74) is -0.190. The number of rotatable bonds is 5. The Morgan fingerprint density at radius 1 is 1.15 bits per heavy atom. The molecule has 0 unspecified atom stereocenters. The first-order valence-corrected chi connectivity index (χ1v) is 9.81. The van der Waals surface area contributed by atoms with Gasteiger partial charge in [0.1, 0.15) is 0 Å². The van der Waals surface area contributed by atoms with Gasteiger partial charge in [0.05, 0.1) is 14.7 Å². The van der Waals surface area contributed by atoms with Crippen molar-refractivity contribution in [1.29, 1.82) is 0 Å². The molecule has 20 heavy (non-hydrogen) atoms. The van der Waals surface area contributed by atoms with Gasteiger partial charge in [-0.2, -0.15) is 8.78 Å². The molecule has 0 bridgehead atoms. The summed E-state index contributed by atoms with van der Waals surface area (Å²) in [6.45, 7) is 7.53. The van der Waals surface area contributed by atoms with E-state index in [0.717, 1.165) is 5.19 Å². The summed E-state index contributed by atoms with van der Waals surface area (Å²) in [6, 6.07) is 6.01. The predicted octanol–water partition coefficient (Wildman–Crippen LogP) is 2.61. The average Bonchev–Trinajstić information content (AvgIpc) is 2.37. The zero-order valence-corrected chi connectivity index (χ0v) is 13.0. The minimum Gasteiger partial charge on any atom is -0.461 e. The number of carbonyl (C=O) groups is 2. The number of carbonyl (C=O) groups excluding carboxylic acids is 2. The van der Waals surface area contributed by atoms with Gasteiger partial charge in [0, 0.05) is 5.56 Å². The van der Waals surface area contributed by atoms with Gasteiger partial charge in [0.2, 0.25) is 5.78 Å². The summed E-state index contributed by atoms with van der Waals surface area (Å²) in [5.74, 6) is -7.48. The fourth-order valence-corrected chi connectivity index (χ4v) is 2.78. The standard InChI is InChI=1S/C14H18F2O3Si/c1-5-19-13(18)14(15,16)12(17)10-6-8-11(9-7-10)20(2,3)4/h6-9H,5H2,1-4H3. The fraction of sp³-hybridized carbons (Fsp3) is 0.429. The molecule has 0 aliphatic carbocycles. The average molecular weight is 300 g/mol. The third kappa shape index (κ3) is 3.50. The monoisotopic (exact) mass is 300 g/mol. The van der Waals surface area contributed by atoms with Crippen LogP contribution in [0.15, 0.2) is 24.3 Å². The van der Waals surface area contributed by atoms with Crippen molar-refractivity contribution >= 4 is 25.0 Å². The van der Waals surface area contributed by atoms with Crippen LogP contribution in [0.25, 0.3) is 0 Å². The van der Waals surface area contributed by atoms with Gasteiger partial charge in [-0.05, 0) is 6.92 Å². The SMILES string of the molecule is CCOC(=O)C(F)(F)C(=O)c1ccc([Si](C)(C)C)cc1. The van der Waals surface area contributed by atoms with Crippen LogP contribution in [0.4, 0.5) is 8.78 Å². The molecule has 0 aliphatic heterocycles. The molecule has 0 N–H and O–H groups in total. The molecular formula is C14H18F2O3Si. The molecule has 0 saturated heterocycles. The van der Waals surface area contributed by atoms with Crippen LogP contribution in [-0.4, -0.2) is 32.4 Å². The predicted molar refractivity (Wildman–Crippen MR) is 75.3 cm³/mol. The van der Waals surface area contributed by atoms with Gasteiger partial charge in [-0.25, -0.2) is 4.79 Å². The quantitative estimate of drug-likeness (QED) is 0.363. The van der Waals surface area contributed by atoms with Crippen molar-refractivity contribution in [2.45, 2.75) is 32.5 Å². The molecule has 0 atom stereocenters. The van der Waals surface area contributed by atoms with E-state index in [1.165, 1.54) is 19.1 Å². The summed E-state index contributed by atoms with van der Waals surface area (Å²) in [4.78, 5) is 22.8. The van der Waals surface area contributed by atoms with E-state index < -0.39 is 25.7 Å². The highest BCUT2D eigenvalue weighted by atomic mass is 28.3. The smallest absolute Gasteiger partial charge is 0.404 e. The molecule has 1 rings (SSSR count). The topological polar surface area (TPSA) is 43.4 Å². The first-order chi connectivity index (χ1) is 9.10. The largest absolute Gasteiger partial charge is 0.461 e. The van der Waals surface area contributed by atoms with Crippen molar-refractivity contribution in [3.05, 3.63) is 29.8 Å². The molecular weight excluding hydrogens is 282 g/mol. The second kappa shape index (κ2) is 5.83. The number of ether oxygens (including phenoxy) is 1. The van der Waals surface area contributed by atoms with Crippen LogP contribution in [-0.2, 0) is 9.53 Å². The Kier molecular flexibility index (Phi) is 4.80. The molecule has 1 aromatic carbocycles. The maximum atomic E-state index is 13.6. The van der Waals surface area contributed by atoms with E-state index in [0.29, 0.717) is 0 Å². The fourth-order valence-electron chi connectivity index (χ4n) is 1.62. The van der Waals surface area contributed by atoms with Crippen molar-refractivity contribution in [3.8, 4) is 0 Å². The zero-order chi connectivity index (χ0) is 15.6. The molecule has 3 nitrogen and oxygen atoms in total. The number of Topliss-reactive ketones (excluding diaryl/α,β-unsaturated/α-hetero) is 1.